The third-order valence-electron chi connectivity index (χ3n) is 4.49. The molecule has 0 aliphatic carbocycles. The highest BCUT2D eigenvalue weighted by atomic mass is 16.5. The van der Waals surface area contributed by atoms with E-state index in [-0.39, 0.29) is 12.0 Å². The summed E-state index contributed by atoms with van der Waals surface area (Å²) in [6.07, 6.45) is 2.76. The number of aryl methyl sites for hydroxylation is 1. The van der Waals surface area contributed by atoms with E-state index >= 15 is 0 Å². The number of likely N-dealkylation sites (tertiary alicyclic amines) is 1. The largest absolute Gasteiger partial charge is 0.377 e. The second-order valence-corrected chi connectivity index (χ2v) is 6.01. The molecule has 0 bridgehead atoms. The normalized spacial score (nSPS) is 18.8. The molecule has 3 rings (SSSR count). The molecule has 0 saturated carbocycles. The van der Waals surface area contributed by atoms with Crippen molar-refractivity contribution in [3.05, 3.63) is 35.5 Å². The van der Waals surface area contributed by atoms with Crippen molar-refractivity contribution in [3.63, 3.8) is 0 Å². The van der Waals surface area contributed by atoms with Gasteiger partial charge in [-0.05, 0) is 38.3 Å². The first kappa shape index (κ1) is 15.1. The number of rotatable bonds is 4. The van der Waals surface area contributed by atoms with Crippen LogP contribution in [0.5, 0.6) is 0 Å². The van der Waals surface area contributed by atoms with Gasteiger partial charge in [-0.25, -0.2) is 0 Å². The van der Waals surface area contributed by atoms with Gasteiger partial charge in [0.15, 0.2) is 0 Å². The van der Waals surface area contributed by atoms with Crippen LogP contribution in [0.15, 0.2) is 24.3 Å². The van der Waals surface area contributed by atoms with Gasteiger partial charge in [-0.2, -0.15) is 0 Å². The molecule has 1 atom stereocenters. The van der Waals surface area contributed by atoms with Crippen molar-refractivity contribution in [3.8, 4) is 0 Å². The average molecular weight is 300 g/mol. The van der Waals surface area contributed by atoms with Gasteiger partial charge in [0.05, 0.1) is 12.5 Å². The second kappa shape index (κ2) is 6.53. The number of piperidine rings is 1. The number of aromatic amines is 1. The Morgan fingerprint density at radius 2 is 2.23 bits per heavy atom. The molecule has 118 valence electrons. The molecule has 1 aromatic heterocycles. The van der Waals surface area contributed by atoms with Gasteiger partial charge in [0.1, 0.15) is 0 Å². The van der Waals surface area contributed by atoms with Crippen LogP contribution in [0.3, 0.4) is 0 Å². The number of hydrogen-bond acceptors (Lipinski definition) is 2. The number of fused-ring (bicyclic) bond motifs is 1. The smallest absolute Gasteiger partial charge is 0.227 e. The third kappa shape index (κ3) is 3.02. The highest BCUT2D eigenvalue weighted by Gasteiger charge is 2.24. The molecule has 1 saturated heterocycles. The Morgan fingerprint density at radius 3 is 3.05 bits per heavy atom. The van der Waals surface area contributed by atoms with Gasteiger partial charge in [0, 0.05) is 36.3 Å². The fourth-order valence-corrected chi connectivity index (χ4v) is 3.36. The standard InChI is InChI=1S/C18H24N2O2/c1-3-22-14-7-6-10-20(12-14)18(21)11-16-13(2)19-17-9-5-4-8-15(16)17/h4-5,8-9,14,19H,3,6-7,10-12H2,1-2H3/t14-/m0/s1. The van der Waals surface area contributed by atoms with Crippen LogP contribution in [0, 0.1) is 6.92 Å². The lowest BCUT2D eigenvalue weighted by Gasteiger charge is -2.32. The van der Waals surface area contributed by atoms with Crippen molar-refractivity contribution in [1.29, 1.82) is 0 Å². The van der Waals surface area contributed by atoms with E-state index in [9.17, 15) is 4.79 Å². The molecule has 4 nitrogen and oxygen atoms in total. The van der Waals surface area contributed by atoms with E-state index in [1.165, 1.54) is 0 Å². The van der Waals surface area contributed by atoms with Crippen LogP contribution in [-0.4, -0.2) is 41.6 Å². The maximum absolute atomic E-state index is 12.7. The molecule has 1 fully saturated rings. The molecule has 1 aromatic carbocycles. The minimum atomic E-state index is 0.201. The number of aromatic nitrogens is 1. The first-order chi connectivity index (χ1) is 10.7. The van der Waals surface area contributed by atoms with E-state index < -0.39 is 0 Å². The molecule has 2 aromatic rings. The number of amides is 1. The maximum Gasteiger partial charge on any atom is 0.227 e. The number of ether oxygens (including phenoxy) is 1. The van der Waals surface area contributed by atoms with E-state index in [1.54, 1.807) is 0 Å². The monoisotopic (exact) mass is 300 g/mol. The number of nitrogens with one attached hydrogen (secondary N) is 1. The zero-order valence-corrected chi connectivity index (χ0v) is 13.4. The fraction of sp³-hybridized carbons (Fsp3) is 0.500. The van der Waals surface area contributed by atoms with Crippen LogP contribution < -0.4 is 0 Å². The molecule has 1 N–H and O–H groups in total. The summed E-state index contributed by atoms with van der Waals surface area (Å²) in [6.45, 7) is 6.35. The summed E-state index contributed by atoms with van der Waals surface area (Å²) in [7, 11) is 0. The number of carbonyl (C=O) groups excluding carboxylic acids is 1. The maximum atomic E-state index is 12.7. The van der Waals surface area contributed by atoms with Crippen molar-refractivity contribution in [2.75, 3.05) is 19.7 Å². The highest BCUT2D eigenvalue weighted by Crippen LogP contribution is 2.23. The summed E-state index contributed by atoms with van der Waals surface area (Å²) in [6, 6.07) is 8.18. The highest BCUT2D eigenvalue weighted by molar-refractivity contribution is 5.90. The van der Waals surface area contributed by atoms with Gasteiger partial charge in [-0.3, -0.25) is 4.79 Å². The minimum Gasteiger partial charge on any atom is -0.377 e. The number of nitrogens with zero attached hydrogens (tertiary/aromatic N) is 1. The lowest BCUT2D eigenvalue weighted by Crippen LogP contribution is -2.43. The van der Waals surface area contributed by atoms with E-state index in [0.29, 0.717) is 13.0 Å². The molecule has 4 heteroatoms. The summed E-state index contributed by atoms with van der Waals surface area (Å²) < 4.78 is 5.69. The van der Waals surface area contributed by atoms with Gasteiger partial charge in [0.2, 0.25) is 5.91 Å². The van der Waals surface area contributed by atoms with Crippen molar-refractivity contribution in [1.82, 2.24) is 9.88 Å². The molecule has 1 aliphatic rings. The van der Waals surface area contributed by atoms with E-state index in [2.05, 4.69) is 17.1 Å². The zero-order chi connectivity index (χ0) is 15.5. The van der Waals surface area contributed by atoms with Crippen molar-refractivity contribution in [2.45, 2.75) is 39.2 Å². The van der Waals surface area contributed by atoms with Crippen LogP contribution in [-0.2, 0) is 16.0 Å². The first-order valence-electron chi connectivity index (χ1n) is 8.14. The summed E-state index contributed by atoms with van der Waals surface area (Å²) in [5.41, 5.74) is 3.32. The molecule has 1 aliphatic heterocycles. The van der Waals surface area contributed by atoms with Gasteiger partial charge in [0.25, 0.3) is 0 Å². The van der Waals surface area contributed by atoms with Crippen molar-refractivity contribution in [2.24, 2.45) is 0 Å². The van der Waals surface area contributed by atoms with Crippen LogP contribution >= 0.6 is 0 Å². The lowest BCUT2D eigenvalue weighted by atomic mass is 10.0. The minimum absolute atomic E-state index is 0.201. The van der Waals surface area contributed by atoms with Crippen molar-refractivity contribution >= 4 is 16.8 Å². The predicted molar refractivity (Wildman–Crippen MR) is 88.0 cm³/mol. The Labute approximate surface area is 131 Å². The summed E-state index contributed by atoms with van der Waals surface area (Å²) in [4.78, 5) is 18.0. The predicted octanol–water partition coefficient (Wildman–Crippen LogP) is 3.05. The van der Waals surface area contributed by atoms with Gasteiger partial charge in [-0.15, -0.1) is 0 Å². The second-order valence-electron chi connectivity index (χ2n) is 6.01. The van der Waals surface area contributed by atoms with E-state index in [0.717, 1.165) is 48.1 Å². The summed E-state index contributed by atoms with van der Waals surface area (Å²) in [5, 5.41) is 1.16. The Bertz CT molecular complexity index is 660. The Kier molecular flexibility index (Phi) is 4.48. The zero-order valence-electron chi connectivity index (χ0n) is 13.4. The number of para-hydroxylation sites is 1. The Balaban J connectivity index is 1.74. The number of H-pyrrole nitrogens is 1. The summed E-state index contributed by atoms with van der Waals surface area (Å²) in [5.74, 6) is 0.206. The summed E-state index contributed by atoms with van der Waals surface area (Å²) >= 11 is 0. The third-order valence-corrected chi connectivity index (χ3v) is 4.49. The van der Waals surface area contributed by atoms with Crippen LogP contribution in [0.25, 0.3) is 10.9 Å². The van der Waals surface area contributed by atoms with E-state index in [1.807, 2.05) is 30.9 Å². The molecule has 1 amide bonds. The van der Waals surface area contributed by atoms with Crippen LogP contribution in [0.4, 0.5) is 0 Å². The fourth-order valence-electron chi connectivity index (χ4n) is 3.36. The molecular weight excluding hydrogens is 276 g/mol. The van der Waals surface area contributed by atoms with E-state index in [4.69, 9.17) is 4.74 Å². The topological polar surface area (TPSA) is 45.3 Å². The lowest BCUT2D eigenvalue weighted by molar-refractivity contribution is -0.134. The molecule has 0 unspecified atom stereocenters. The first-order valence-corrected chi connectivity index (χ1v) is 8.14. The molecular formula is C18H24N2O2. The van der Waals surface area contributed by atoms with Crippen LogP contribution in [0.1, 0.15) is 31.0 Å². The van der Waals surface area contributed by atoms with Crippen LogP contribution in [0.2, 0.25) is 0 Å². The number of carbonyl (C=O) groups is 1. The SMILES string of the molecule is CCO[C@H]1CCCN(C(=O)Cc2c(C)[nH]c3ccccc23)C1. The van der Waals surface area contributed by atoms with Gasteiger partial charge < -0.3 is 14.6 Å². The molecule has 2 heterocycles. The number of benzene rings is 1. The molecule has 0 radical (unpaired) electrons. The Hall–Kier alpha value is -1.81. The number of hydrogen-bond donors (Lipinski definition) is 1. The molecule has 22 heavy (non-hydrogen) atoms. The average Bonchev–Trinajstić information content (AvgIpc) is 2.84. The van der Waals surface area contributed by atoms with Crippen molar-refractivity contribution < 1.29 is 9.53 Å². The van der Waals surface area contributed by atoms with Gasteiger partial charge >= 0.3 is 0 Å². The molecule has 0 spiro atoms. The Morgan fingerprint density at radius 1 is 1.41 bits per heavy atom. The quantitative estimate of drug-likeness (QED) is 0.943. The van der Waals surface area contributed by atoms with Gasteiger partial charge in [-0.1, -0.05) is 18.2 Å².